The van der Waals surface area contributed by atoms with E-state index in [1.165, 1.54) is 25.9 Å². The van der Waals surface area contributed by atoms with Gasteiger partial charge in [0.15, 0.2) is 0 Å². The minimum atomic E-state index is -1.08. The first-order valence-electron chi connectivity index (χ1n) is 11.4. The molecule has 7 heteroatoms. The fourth-order valence-electron chi connectivity index (χ4n) is 4.26. The number of ether oxygens (including phenoxy) is 3. The molecule has 6 nitrogen and oxygen atoms in total. The largest absolute Gasteiger partial charge is 0.492 e. The summed E-state index contributed by atoms with van der Waals surface area (Å²) in [5.74, 6) is 1.58. The molecule has 0 spiro atoms. The van der Waals surface area contributed by atoms with Gasteiger partial charge in [0.1, 0.15) is 30.3 Å². The highest BCUT2D eigenvalue weighted by Gasteiger charge is 2.33. The van der Waals surface area contributed by atoms with E-state index in [4.69, 9.17) is 25.8 Å². The SMILES string of the molecule is O[C@]1(COc2ccc(Cl)cc2)COCCN(Cc2cccc(OCCN3CCCC3)c2)C1. The zero-order chi connectivity index (χ0) is 22.2. The van der Waals surface area contributed by atoms with Gasteiger partial charge in [-0.25, -0.2) is 0 Å². The molecule has 0 bridgehead atoms. The molecule has 2 fully saturated rings. The van der Waals surface area contributed by atoms with Crippen molar-refractivity contribution in [1.82, 2.24) is 9.80 Å². The average molecular weight is 461 g/mol. The number of rotatable bonds is 9. The van der Waals surface area contributed by atoms with Crippen molar-refractivity contribution >= 4 is 11.6 Å². The van der Waals surface area contributed by atoms with Gasteiger partial charge in [0, 0.05) is 31.2 Å². The van der Waals surface area contributed by atoms with E-state index in [1.807, 2.05) is 12.1 Å². The molecule has 0 aromatic heterocycles. The third kappa shape index (κ3) is 7.09. The van der Waals surface area contributed by atoms with Crippen LogP contribution in [0, 0.1) is 0 Å². The van der Waals surface area contributed by atoms with E-state index < -0.39 is 5.60 Å². The van der Waals surface area contributed by atoms with Crippen LogP contribution in [-0.4, -0.2) is 79.7 Å². The summed E-state index contributed by atoms with van der Waals surface area (Å²) >= 11 is 5.93. The Kier molecular flexibility index (Phi) is 8.27. The second kappa shape index (κ2) is 11.3. The molecule has 0 saturated carbocycles. The lowest BCUT2D eigenvalue weighted by Crippen LogP contribution is -2.48. The highest BCUT2D eigenvalue weighted by molar-refractivity contribution is 6.30. The highest BCUT2D eigenvalue weighted by atomic mass is 35.5. The summed E-state index contributed by atoms with van der Waals surface area (Å²) in [6, 6.07) is 15.4. The molecule has 1 N–H and O–H groups in total. The first-order valence-corrected chi connectivity index (χ1v) is 11.8. The monoisotopic (exact) mass is 460 g/mol. The Labute approximate surface area is 195 Å². The van der Waals surface area contributed by atoms with Gasteiger partial charge in [0.2, 0.25) is 0 Å². The minimum absolute atomic E-state index is 0.158. The molecule has 2 aliphatic rings. The molecule has 0 aliphatic carbocycles. The number of benzene rings is 2. The molecule has 0 unspecified atom stereocenters. The van der Waals surface area contributed by atoms with Crippen LogP contribution < -0.4 is 9.47 Å². The van der Waals surface area contributed by atoms with Gasteiger partial charge in [0.05, 0.1) is 13.2 Å². The average Bonchev–Trinajstić information content (AvgIpc) is 3.23. The first kappa shape index (κ1) is 23.3. The second-order valence-corrected chi connectivity index (χ2v) is 9.21. The second-order valence-electron chi connectivity index (χ2n) is 8.77. The molecule has 2 aliphatic heterocycles. The van der Waals surface area contributed by atoms with Crippen LogP contribution >= 0.6 is 11.6 Å². The van der Waals surface area contributed by atoms with Crippen molar-refractivity contribution in [3.8, 4) is 11.5 Å². The molecule has 1 atom stereocenters. The van der Waals surface area contributed by atoms with E-state index in [9.17, 15) is 5.11 Å². The molecule has 174 valence electrons. The van der Waals surface area contributed by atoms with Gasteiger partial charge < -0.3 is 19.3 Å². The van der Waals surface area contributed by atoms with Crippen LogP contribution in [0.25, 0.3) is 0 Å². The summed E-state index contributed by atoms with van der Waals surface area (Å²) in [7, 11) is 0. The molecule has 0 amide bonds. The summed E-state index contributed by atoms with van der Waals surface area (Å²) in [6.07, 6.45) is 2.60. The summed E-state index contributed by atoms with van der Waals surface area (Å²) < 4.78 is 17.5. The Morgan fingerprint density at radius 1 is 0.969 bits per heavy atom. The maximum atomic E-state index is 11.1. The molecule has 32 heavy (non-hydrogen) atoms. The maximum absolute atomic E-state index is 11.1. The van der Waals surface area contributed by atoms with Crippen molar-refractivity contribution in [3.05, 3.63) is 59.1 Å². The van der Waals surface area contributed by atoms with Crippen molar-refractivity contribution in [2.45, 2.75) is 25.0 Å². The van der Waals surface area contributed by atoms with Crippen LogP contribution in [0.4, 0.5) is 0 Å². The third-order valence-electron chi connectivity index (χ3n) is 5.94. The lowest BCUT2D eigenvalue weighted by molar-refractivity contribution is -0.0646. The maximum Gasteiger partial charge on any atom is 0.134 e. The van der Waals surface area contributed by atoms with E-state index in [1.54, 1.807) is 24.3 Å². The number of halogens is 1. The van der Waals surface area contributed by atoms with Crippen LogP contribution in [0.2, 0.25) is 5.02 Å². The van der Waals surface area contributed by atoms with Gasteiger partial charge in [-0.3, -0.25) is 9.80 Å². The normalized spacial score (nSPS) is 22.6. The van der Waals surface area contributed by atoms with Crippen LogP contribution in [-0.2, 0) is 11.3 Å². The van der Waals surface area contributed by atoms with Crippen molar-refractivity contribution in [2.75, 3.05) is 59.2 Å². The van der Waals surface area contributed by atoms with E-state index in [-0.39, 0.29) is 13.2 Å². The molecule has 2 aromatic rings. The number of hydrogen-bond acceptors (Lipinski definition) is 6. The summed E-state index contributed by atoms with van der Waals surface area (Å²) in [6.45, 7) is 6.99. The topological polar surface area (TPSA) is 54.4 Å². The van der Waals surface area contributed by atoms with Crippen molar-refractivity contribution < 1.29 is 19.3 Å². The van der Waals surface area contributed by atoms with E-state index in [0.717, 1.165) is 30.9 Å². The number of likely N-dealkylation sites (tertiary alicyclic amines) is 1. The molecule has 0 radical (unpaired) electrons. The summed E-state index contributed by atoms with van der Waals surface area (Å²) in [5, 5.41) is 11.8. The number of hydrogen-bond donors (Lipinski definition) is 1. The predicted octanol–water partition coefficient (Wildman–Crippen LogP) is 3.46. The van der Waals surface area contributed by atoms with Gasteiger partial charge in [0.25, 0.3) is 0 Å². The van der Waals surface area contributed by atoms with Crippen LogP contribution in [0.5, 0.6) is 11.5 Å². The molecular weight excluding hydrogens is 428 g/mol. The Hall–Kier alpha value is -1.83. The number of aliphatic hydroxyl groups is 1. The number of β-amino-alcohol motifs (C(OH)–C–C–N with tert-alkyl or cyclic N) is 1. The Morgan fingerprint density at radius 3 is 2.59 bits per heavy atom. The van der Waals surface area contributed by atoms with Crippen molar-refractivity contribution in [3.63, 3.8) is 0 Å². The molecule has 2 saturated heterocycles. The Balaban J connectivity index is 1.30. The Morgan fingerprint density at radius 2 is 1.78 bits per heavy atom. The summed E-state index contributed by atoms with van der Waals surface area (Å²) in [5.41, 5.74) is 0.0755. The molecule has 4 rings (SSSR count). The van der Waals surface area contributed by atoms with Crippen molar-refractivity contribution in [1.29, 1.82) is 0 Å². The van der Waals surface area contributed by atoms with Gasteiger partial charge in [-0.2, -0.15) is 0 Å². The quantitative estimate of drug-likeness (QED) is 0.618. The lowest BCUT2D eigenvalue weighted by Gasteiger charge is -2.30. The van der Waals surface area contributed by atoms with Gasteiger partial charge >= 0.3 is 0 Å². The van der Waals surface area contributed by atoms with Gasteiger partial charge in [-0.05, 0) is 67.9 Å². The molecule has 2 heterocycles. The molecular formula is C25H33ClN2O4. The van der Waals surface area contributed by atoms with Crippen LogP contribution in [0.3, 0.4) is 0 Å². The fraction of sp³-hybridized carbons (Fsp3) is 0.520. The van der Waals surface area contributed by atoms with E-state index in [2.05, 4.69) is 21.9 Å². The van der Waals surface area contributed by atoms with Crippen molar-refractivity contribution in [2.24, 2.45) is 0 Å². The zero-order valence-corrected chi connectivity index (χ0v) is 19.3. The zero-order valence-electron chi connectivity index (χ0n) is 18.5. The first-order chi connectivity index (χ1) is 15.6. The van der Waals surface area contributed by atoms with Crippen LogP contribution in [0.15, 0.2) is 48.5 Å². The fourth-order valence-corrected chi connectivity index (χ4v) is 4.38. The predicted molar refractivity (Wildman–Crippen MR) is 126 cm³/mol. The Bertz CT molecular complexity index is 844. The highest BCUT2D eigenvalue weighted by Crippen LogP contribution is 2.21. The van der Waals surface area contributed by atoms with Crippen LogP contribution in [0.1, 0.15) is 18.4 Å². The third-order valence-corrected chi connectivity index (χ3v) is 6.19. The standard InChI is InChI=1S/C25H33ClN2O4/c26-22-6-8-23(9-7-22)32-20-25(29)18-28(12-14-30-19-25)17-21-4-3-5-24(16-21)31-15-13-27-10-1-2-11-27/h3-9,16,29H,1-2,10-15,17-20H2/t25-/m0/s1. The van der Waals surface area contributed by atoms with E-state index in [0.29, 0.717) is 30.5 Å². The lowest BCUT2D eigenvalue weighted by atomic mass is 10.1. The number of nitrogens with zero attached hydrogens (tertiary/aromatic N) is 2. The van der Waals surface area contributed by atoms with E-state index >= 15 is 0 Å². The minimum Gasteiger partial charge on any atom is -0.492 e. The molecule has 2 aromatic carbocycles. The van der Waals surface area contributed by atoms with Gasteiger partial charge in [-0.1, -0.05) is 23.7 Å². The smallest absolute Gasteiger partial charge is 0.134 e. The van der Waals surface area contributed by atoms with Gasteiger partial charge in [-0.15, -0.1) is 0 Å². The summed E-state index contributed by atoms with van der Waals surface area (Å²) in [4.78, 5) is 4.66.